The van der Waals surface area contributed by atoms with E-state index in [1.807, 2.05) is 54.6 Å². The van der Waals surface area contributed by atoms with Gasteiger partial charge in [-0.2, -0.15) is 0 Å². The highest BCUT2D eigenvalue weighted by Crippen LogP contribution is 2.38. The number of aromatic nitrogens is 2. The summed E-state index contributed by atoms with van der Waals surface area (Å²) in [4.78, 5) is 62.0. The molecule has 0 aliphatic carbocycles. The largest absolute Gasteiger partial charge is 0.463 e. The van der Waals surface area contributed by atoms with Crippen molar-refractivity contribution in [2.75, 3.05) is 44.2 Å². The zero-order valence-corrected chi connectivity index (χ0v) is 35.5. The van der Waals surface area contributed by atoms with Crippen LogP contribution < -0.4 is 10.2 Å². The Morgan fingerprint density at radius 3 is 1.95 bits per heavy atom. The number of aliphatic hydroxyl groups is 1. The Balaban J connectivity index is 1.10. The smallest absolute Gasteiger partial charge is 0.303 e. The van der Waals surface area contributed by atoms with Crippen LogP contribution in [0.25, 0.3) is 0 Å². The Morgan fingerprint density at radius 2 is 1.34 bits per heavy atom. The fraction of sp³-hybridized carbons (Fsp3) is 0.512. The number of hydrogen-bond acceptors (Lipinski definition) is 17. The molecule has 3 aliphatic rings. The molecule has 4 heterocycles. The third kappa shape index (κ3) is 12.9. The topological polar surface area (TPSA) is 197 Å². The third-order valence-corrected chi connectivity index (χ3v) is 10.8. The number of piperazine rings is 1. The van der Waals surface area contributed by atoms with Crippen LogP contribution in [0.15, 0.2) is 67.0 Å². The number of aliphatic hydroxyl groups excluding tert-OH is 1. The van der Waals surface area contributed by atoms with Crippen LogP contribution >= 0.6 is 12.2 Å². The van der Waals surface area contributed by atoms with Crippen LogP contribution in [-0.2, 0) is 65.5 Å². The zero-order chi connectivity index (χ0) is 43.5. The second-order valence-electron chi connectivity index (χ2n) is 15.1. The number of esters is 4. The molecule has 6 rings (SSSR count). The molecule has 61 heavy (non-hydrogen) atoms. The van der Waals surface area contributed by atoms with Crippen molar-refractivity contribution in [1.29, 1.82) is 0 Å². The molecule has 8 unspecified atom stereocenters. The number of nitrogens with one attached hydrogen (secondary N) is 1. The number of ether oxygens (including phenoxy) is 7. The minimum Gasteiger partial charge on any atom is -0.463 e. The van der Waals surface area contributed by atoms with Gasteiger partial charge in [0.15, 0.2) is 24.6 Å². The Bertz CT molecular complexity index is 1950. The van der Waals surface area contributed by atoms with Crippen molar-refractivity contribution in [2.45, 2.75) is 103 Å². The van der Waals surface area contributed by atoms with E-state index in [0.29, 0.717) is 18.0 Å². The van der Waals surface area contributed by atoms with Crippen molar-refractivity contribution >= 4 is 47.0 Å². The van der Waals surface area contributed by atoms with Crippen molar-refractivity contribution in [3.05, 3.63) is 89.2 Å². The molecule has 2 aromatic carbocycles. The summed E-state index contributed by atoms with van der Waals surface area (Å²) in [5.74, 6) is -1.97. The third-order valence-electron chi connectivity index (χ3n) is 10.5. The first-order valence-electron chi connectivity index (χ1n) is 20.3. The Labute approximate surface area is 359 Å². The van der Waals surface area contributed by atoms with Gasteiger partial charge in [0.25, 0.3) is 0 Å². The highest BCUT2D eigenvalue weighted by atomic mass is 32.1. The monoisotopic (exact) mass is 863 g/mol. The molecule has 0 saturated carbocycles. The average molecular weight is 864 g/mol. The summed E-state index contributed by atoms with van der Waals surface area (Å²) in [6, 6.07) is 17.4. The molecule has 8 atom stereocenters. The summed E-state index contributed by atoms with van der Waals surface area (Å²) in [5.41, 5.74) is 3.58. The molecule has 0 radical (unpaired) electrons. The maximum atomic E-state index is 12.3. The lowest BCUT2D eigenvalue weighted by molar-refractivity contribution is -0.253. The summed E-state index contributed by atoms with van der Waals surface area (Å²) < 4.78 is 41.2. The normalized spacial score (nSPS) is 25.5. The van der Waals surface area contributed by atoms with Crippen molar-refractivity contribution < 1.29 is 57.4 Å². The van der Waals surface area contributed by atoms with Gasteiger partial charge < -0.3 is 48.5 Å². The van der Waals surface area contributed by atoms with Gasteiger partial charge in [0, 0.05) is 97.8 Å². The first kappa shape index (κ1) is 45.4. The van der Waals surface area contributed by atoms with Gasteiger partial charge in [-0.3, -0.25) is 24.1 Å². The van der Waals surface area contributed by atoms with Gasteiger partial charge in [0.1, 0.15) is 18.8 Å². The van der Waals surface area contributed by atoms with Crippen molar-refractivity contribution in [3.8, 4) is 0 Å². The molecule has 0 bridgehead atoms. The van der Waals surface area contributed by atoms with Gasteiger partial charge in [-0.15, -0.1) is 0 Å². The Kier molecular flexibility index (Phi) is 16.1. The zero-order valence-electron chi connectivity index (χ0n) is 34.7. The molecule has 0 spiro atoms. The number of nitrogens with zero attached hydrogens (tertiary/aromatic N) is 4. The Hall–Kier alpha value is -5.11. The second-order valence-corrected chi connectivity index (χ2v) is 15.6. The molecule has 1 aromatic heterocycles. The summed E-state index contributed by atoms with van der Waals surface area (Å²) in [6.07, 6.45) is -2.54. The molecule has 0 amide bonds. The minimum atomic E-state index is -1.27. The first-order valence-corrected chi connectivity index (χ1v) is 20.7. The lowest BCUT2D eigenvalue weighted by Gasteiger charge is -2.44. The number of hydrogen-bond donors (Lipinski definition) is 2. The van der Waals surface area contributed by atoms with Crippen molar-refractivity contribution in [2.24, 2.45) is 0 Å². The second kappa shape index (κ2) is 21.6. The van der Waals surface area contributed by atoms with Gasteiger partial charge in [-0.05, 0) is 22.8 Å². The molecule has 18 heteroatoms. The highest BCUT2D eigenvalue weighted by molar-refractivity contribution is 7.80. The molecule has 3 saturated heterocycles. The molecule has 3 fully saturated rings. The lowest BCUT2D eigenvalue weighted by atomic mass is 9.92. The molecule has 328 valence electrons. The quantitative estimate of drug-likeness (QED) is 0.128. The molecule has 3 aliphatic heterocycles. The van der Waals surface area contributed by atoms with Gasteiger partial charge >= 0.3 is 23.9 Å². The van der Waals surface area contributed by atoms with Crippen molar-refractivity contribution in [3.63, 3.8) is 0 Å². The van der Waals surface area contributed by atoms with E-state index in [9.17, 15) is 24.3 Å². The van der Waals surface area contributed by atoms with Crippen LogP contribution in [0, 0.1) is 0 Å². The summed E-state index contributed by atoms with van der Waals surface area (Å²) >= 11 is 5.71. The average Bonchev–Trinajstić information content (AvgIpc) is 3.24. The predicted octanol–water partition coefficient (Wildman–Crippen LogP) is 3.27. The molecular weight excluding hydrogens is 811 g/mol. The van der Waals surface area contributed by atoms with Crippen LogP contribution in [0.4, 0.5) is 5.95 Å². The van der Waals surface area contributed by atoms with E-state index in [0.717, 1.165) is 60.9 Å². The standard InChI is InChI=1S/C43H53N5O12S/c1-26(50)54-25-37-40(56-28(3)52)41(57-29(4)53)39(55-27(2)51)36(59-37)21-38(61)46-22-30-6-12-33(13-7-30)42-58-34(20-35(60-42)32-10-8-31(24-49)9-11-32)23-47-16-18-48(19-17-47)43-44-14-5-15-45-43/h5-15,34-37,39-42,49H,16-25H2,1-4H3,(H,46,61). The Morgan fingerprint density at radius 1 is 0.754 bits per heavy atom. The summed E-state index contributed by atoms with van der Waals surface area (Å²) in [7, 11) is 0. The van der Waals surface area contributed by atoms with Crippen LogP contribution in [0.2, 0.25) is 0 Å². The number of anilines is 1. The molecular formula is C43H53N5O12S. The predicted molar refractivity (Wildman–Crippen MR) is 222 cm³/mol. The van der Waals surface area contributed by atoms with E-state index in [-0.39, 0.29) is 31.8 Å². The number of thiocarbonyl (C=S) groups is 1. The highest BCUT2D eigenvalue weighted by Gasteiger charge is 2.52. The fourth-order valence-electron chi connectivity index (χ4n) is 7.64. The number of rotatable bonds is 15. The molecule has 17 nitrogen and oxygen atoms in total. The van der Waals surface area contributed by atoms with Gasteiger partial charge in [-0.1, -0.05) is 60.7 Å². The van der Waals surface area contributed by atoms with E-state index in [1.165, 1.54) is 27.7 Å². The first-order chi connectivity index (χ1) is 29.3. The van der Waals surface area contributed by atoms with E-state index < -0.39 is 60.7 Å². The van der Waals surface area contributed by atoms with Gasteiger partial charge in [0.05, 0.1) is 23.8 Å². The summed E-state index contributed by atoms with van der Waals surface area (Å²) in [6.45, 7) is 8.75. The van der Waals surface area contributed by atoms with Crippen LogP contribution in [0.3, 0.4) is 0 Å². The van der Waals surface area contributed by atoms with Crippen LogP contribution in [-0.4, -0.2) is 125 Å². The van der Waals surface area contributed by atoms with Crippen LogP contribution in [0.1, 0.15) is 75.2 Å². The van der Waals surface area contributed by atoms with E-state index in [4.69, 9.17) is 45.4 Å². The SMILES string of the molecule is CC(=O)OCC1OC(CC(=S)NCc2ccc(C3OC(CN4CCN(c5ncccn5)CC4)CC(c4ccc(CO)cc4)O3)cc2)C(OC(C)=O)C(OC(C)=O)C1OC(C)=O. The number of carbonyl (C=O) groups is 4. The molecule has 2 N–H and O–H groups in total. The van der Waals surface area contributed by atoms with Crippen molar-refractivity contribution in [1.82, 2.24) is 20.2 Å². The number of benzene rings is 2. The number of carbonyl (C=O) groups excluding carboxylic acids is 4. The summed E-state index contributed by atoms with van der Waals surface area (Å²) in [5, 5.41) is 12.8. The van der Waals surface area contributed by atoms with E-state index in [2.05, 4.69) is 25.1 Å². The maximum Gasteiger partial charge on any atom is 0.303 e. The van der Waals surface area contributed by atoms with Crippen LogP contribution in [0.5, 0.6) is 0 Å². The van der Waals surface area contributed by atoms with Gasteiger partial charge in [0.2, 0.25) is 5.95 Å². The molecule has 3 aromatic rings. The van der Waals surface area contributed by atoms with Gasteiger partial charge in [-0.25, -0.2) is 9.97 Å². The van der Waals surface area contributed by atoms with E-state index in [1.54, 1.807) is 12.4 Å². The maximum absolute atomic E-state index is 12.3. The minimum absolute atomic E-state index is 0.0212. The lowest BCUT2D eigenvalue weighted by Crippen LogP contribution is -2.62. The van der Waals surface area contributed by atoms with E-state index >= 15 is 0 Å². The fourth-order valence-corrected chi connectivity index (χ4v) is 7.87.